The van der Waals surface area contributed by atoms with Gasteiger partial charge >= 0.3 is 0 Å². The molecule has 0 saturated carbocycles. The van der Waals surface area contributed by atoms with Crippen LogP contribution < -0.4 is 5.32 Å². The molecule has 0 amide bonds. The lowest BCUT2D eigenvalue weighted by molar-refractivity contribution is 0.0963. The zero-order valence-electron chi connectivity index (χ0n) is 10.4. The van der Waals surface area contributed by atoms with Gasteiger partial charge < -0.3 is 10.1 Å². The van der Waals surface area contributed by atoms with E-state index in [1.165, 1.54) is 15.6 Å². The van der Waals surface area contributed by atoms with Crippen molar-refractivity contribution in [1.29, 1.82) is 0 Å². The zero-order valence-corrected chi connectivity index (χ0v) is 12.6. The summed E-state index contributed by atoms with van der Waals surface area (Å²) in [7, 11) is 2.06. The third-order valence-electron chi connectivity index (χ3n) is 3.69. The summed E-state index contributed by atoms with van der Waals surface area (Å²) in [5.41, 5.74) is 1.41. The van der Waals surface area contributed by atoms with Crippen LogP contribution in [0.4, 0.5) is 0 Å². The topological polar surface area (TPSA) is 21.3 Å². The number of hydrogen-bond acceptors (Lipinski definition) is 2. The second-order valence-electron chi connectivity index (χ2n) is 4.75. The molecule has 17 heavy (non-hydrogen) atoms. The average molecular weight is 345 g/mol. The fraction of sp³-hybridized carbons (Fsp3) is 0.571. The van der Waals surface area contributed by atoms with Gasteiger partial charge in [-0.1, -0.05) is 12.1 Å². The Hall–Kier alpha value is -0.130. The lowest BCUT2D eigenvalue weighted by Gasteiger charge is -2.25. The smallest absolute Gasteiger partial charge is 0.0590 e. The van der Waals surface area contributed by atoms with Crippen LogP contribution >= 0.6 is 22.6 Å². The average Bonchev–Trinajstić information content (AvgIpc) is 2.75. The molecular formula is C14H20INO. The monoisotopic (exact) mass is 345 g/mol. The first kappa shape index (κ1) is 13.3. The standard InChI is InChI=1S/C14H20INO/c1-10-13(7-8-17-10)14(16-2)9-11-3-5-12(15)6-4-11/h3-6,10,13-14,16H,7-9H2,1-2H3. The van der Waals surface area contributed by atoms with Gasteiger partial charge in [-0.25, -0.2) is 0 Å². The van der Waals surface area contributed by atoms with Crippen LogP contribution in [0.2, 0.25) is 0 Å². The molecule has 2 rings (SSSR count). The van der Waals surface area contributed by atoms with Crippen molar-refractivity contribution < 1.29 is 4.74 Å². The molecule has 1 aliphatic heterocycles. The summed E-state index contributed by atoms with van der Waals surface area (Å²) in [5, 5.41) is 3.46. The van der Waals surface area contributed by atoms with E-state index in [4.69, 9.17) is 4.74 Å². The van der Waals surface area contributed by atoms with Gasteiger partial charge in [0.15, 0.2) is 0 Å². The van der Waals surface area contributed by atoms with Crippen molar-refractivity contribution in [1.82, 2.24) is 5.32 Å². The molecule has 1 aromatic carbocycles. The maximum Gasteiger partial charge on any atom is 0.0590 e. The van der Waals surface area contributed by atoms with Crippen LogP contribution in [-0.2, 0) is 11.2 Å². The highest BCUT2D eigenvalue weighted by Crippen LogP contribution is 2.25. The molecule has 0 bridgehead atoms. The molecule has 0 radical (unpaired) electrons. The minimum absolute atomic E-state index is 0.385. The van der Waals surface area contributed by atoms with Gasteiger partial charge in [0.1, 0.15) is 0 Å². The Balaban J connectivity index is 2.01. The SMILES string of the molecule is CNC(Cc1ccc(I)cc1)C1CCOC1C. The predicted molar refractivity (Wildman–Crippen MR) is 79.2 cm³/mol. The van der Waals surface area contributed by atoms with Gasteiger partial charge in [0.2, 0.25) is 0 Å². The lowest BCUT2D eigenvalue weighted by Crippen LogP contribution is -2.38. The molecule has 3 atom stereocenters. The Kier molecular flexibility index (Phi) is 4.82. The number of ether oxygens (including phenoxy) is 1. The first-order chi connectivity index (χ1) is 8.20. The fourth-order valence-electron chi connectivity index (χ4n) is 2.62. The Labute approximate surface area is 117 Å². The number of hydrogen-bond donors (Lipinski definition) is 1. The molecule has 94 valence electrons. The van der Waals surface area contributed by atoms with Gasteiger partial charge in [-0.15, -0.1) is 0 Å². The summed E-state index contributed by atoms with van der Waals surface area (Å²) in [4.78, 5) is 0. The zero-order chi connectivity index (χ0) is 12.3. The van der Waals surface area contributed by atoms with Crippen LogP contribution in [0.1, 0.15) is 18.9 Å². The number of benzene rings is 1. The van der Waals surface area contributed by atoms with Gasteiger partial charge in [-0.05, 0) is 67.1 Å². The van der Waals surface area contributed by atoms with Gasteiger partial charge in [0.25, 0.3) is 0 Å². The minimum Gasteiger partial charge on any atom is -0.378 e. The van der Waals surface area contributed by atoms with Crippen LogP contribution in [0.25, 0.3) is 0 Å². The molecule has 1 aliphatic rings. The van der Waals surface area contributed by atoms with E-state index < -0.39 is 0 Å². The lowest BCUT2D eigenvalue weighted by atomic mass is 9.89. The van der Waals surface area contributed by atoms with Crippen LogP contribution in [0.5, 0.6) is 0 Å². The molecule has 1 saturated heterocycles. The molecule has 1 heterocycles. The van der Waals surface area contributed by atoms with Crippen LogP contribution in [0.3, 0.4) is 0 Å². The molecule has 1 aromatic rings. The fourth-order valence-corrected chi connectivity index (χ4v) is 2.98. The van der Waals surface area contributed by atoms with Crippen LogP contribution in [0, 0.1) is 9.49 Å². The second kappa shape index (κ2) is 6.16. The van der Waals surface area contributed by atoms with E-state index in [2.05, 4.69) is 66.1 Å². The quantitative estimate of drug-likeness (QED) is 0.848. The maximum absolute atomic E-state index is 5.66. The van der Waals surface area contributed by atoms with E-state index >= 15 is 0 Å². The second-order valence-corrected chi connectivity index (χ2v) is 6.00. The highest BCUT2D eigenvalue weighted by atomic mass is 127. The van der Waals surface area contributed by atoms with E-state index in [9.17, 15) is 0 Å². The third-order valence-corrected chi connectivity index (χ3v) is 4.41. The molecule has 1 fully saturated rings. The number of rotatable bonds is 4. The summed E-state index contributed by atoms with van der Waals surface area (Å²) in [5.74, 6) is 0.638. The van der Waals surface area contributed by atoms with Crippen molar-refractivity contribution >= 4 is 22.6 Å². The summed E-state index contributed by atoms with van der Waals surface area (Å²) in [6.07, 6.45) is 2.65. The predicted octanol–water partition coefficient (Wildman–Crippen LogP) is 2.85. The molecule has 1 N–H and O–H groups in total. The number of likely N-dealkylation sites (N-methyl/N-ethyl adjacent to an activating group) is 1. The van der Waals surface area contributed by atoms with Crippen molar-refractivity contribution in [2.45, 2.75) is 31.9 Å². The van der Waals surface area contributed by atoms with Gasteiger partial charge in [0, 0.05) is 22.1 Å². The van der Waals surface area contributed by atoms with Gasteiger partial charge in [0.05, 0.1) is 6.10 Å². The third kappa shape index (κ3) is 3.42. The Morgan fingerprint density at radius 1 is 1.41 bits per heavy atom. The maximum atomic E-state index is 5.66. The molecule has 0 spiro atoms. The van der Waals surface area contributed by atoms with Crippen molar-refractivity contribution in [3.05, 3.63) is 33.4 Å². The molecule has 0 aromatic heterocycles. The number of nitrogens with one attached hydrogen (secondary N) is 1. The Morgan fingerprint density at radius 2 is 2.12 bits per heavy atom. The Morgan fingerprint density at radius 3 is 2.65 bits per heavy atom. The normalized spacial score (nSPS) is 26.1. The molecule has 3 unspecified atom stereocenters. The van der Waals surface area contributed by atoms with Crippen LogP contribution in [0.15, 0.2) is 24.3 Å². The summed E-state index contributed by atoms with van der Waals surface area (Å²) in [6.45, 7) is 3.10. The van der Waals surface area contributed by atoms with E-state index in [0.29, 0.717) is 18.1 Å². The minimum atomic E-state index is 0.385. The molecule has 0 aliphatic carbocycles. The first-order valence-electron chi connectivity index (χ1n) is 6.24. The van der Waals surface area contributed by atoms with E-state index in [1.807, 2.05) is 0 Å². The van der Waals surface area contributed by atoms with Crippen molar-refractivity contribution in [2.75, 3.05) is 13.7 Å². The van der Waals surface area contributed by atoms with Crippen molar-refractivity contribution in [3.63, 3.8) is 0 Å². The highest BCUT2D eigenvalue weighted by molar-refractivity contribution is 14.1. The molecule has 3 heteroatoms. The van der Waals surface area contributed by atoms with Crippen LogP contribution in [-0.4, -0.2) is 25.8 Å². The van der Waals surface area contributed by atoms with E-state index in [1.54, 1.807) is 0 Å². The van der Waals surface area contributed by atoms with E-state index in [0.717, 1.165) is 13.0 Å². The van der Waals surface area contributed by atoms with Crippen molar-refractivity contribution in [2.24, 2.45) is 5.92 Å². The summed E-state index contributed by atoms with van der Waals surface area (Å²) < 4.78 is 6.96. The highest BCUT2D eigenvalue weighted by Gasteiger charge is 2.30. The first-order valence-corrected chi connectivity index (χ1v) is 7.32. The van der Waals surface area contributed by atoms with Crippen molar-refractivity contribution in [3.8, 4) is 0 Å². The van der Waals surface area contributed by atoms with Gasteiger partial charge in [-0.3, -0.25) is 0 Å². The van der Waals surface area contributed by atoms with Gasteiger partial charge in [-0.2, -0.15) is 0 Å². The number of halogens is 1. The summed E-state index contributed by atoms with van der Waals surface area (Å²) in [6, 6.07) is 9.33. The molecular weight excluding hydrogens is 325 g/mol. The van der Waals surface area contributed by atoms with E-state index in [-0.39, 0.29) is 0 Å². The summed E-state index contributed by atoms with van der Waals surface area (Å²) >= 11 is 2.35. The molecule has 2 nitrogen and oxygen atoms in total. The largest absolute Gasteiger partial charge is 0.378 e. The Bertz CT molecular complexity index is 352.